The molecule has 0 radical (unpaired) electrons. The van der Waals surface area contributed by atoms with Gasteiger partial charge >= 0.3 is 12.0 Å². The molecule has 4 N–H and O–H groups in total. The number of nitrogens with one attached hydrogen (secondary N) is 3. The predicted molar refractivity (Wildman–Crippen MR) is 71.4 cm³/mol. The van der Waals surface area contributed by atoms with Crippen molar-refractivity contribution in [2.75, 3.05) is 13.6 Å². The van der Waals surface area contributed by atoms with Crippen LogP contribution < -0.4 is 10.6 Å². The Morgan fingerprint density at radius 1 is 1.62 bits per heavy atom. The van der Waals surface area contributed by atoms with Crippen LogP contribution in [0.3, 0.4) is 0 Å². The Bertz CT molecular complexity index is 530. The molecule has 114 valence electrons. The largest absolute Gasteiger partial charge is 0.480 e. The van der Waals surface area contributed by atoms with Gasteiger partial charge in [0.1, 0.15) is 12.1 Å². The zero-order valence-electron chi connectivity index (χ0n) is 11.5. The average Bonchev–Trinajstić information content (AvgIpc) is 3.03. The lowest BCUT2D eigenvalue weighted by atomic mass is 10.1. The Kier molecular flexibility index (Phi) is 4.41. The molecule has 0 aliphatic carbocycles. The molecule has 1 fully saturated rings. The van der Waals surface area contributed by atoms with E-state index in [-0.39, 0.29) is 12.3 Å². The Labute approximate surface area is 120 Å². The number of aromatic amines is 1. The summed E-state index contributed by atoms with van der Waals surface area (Å²) >= 11 is 0. The van der Waals surface area contributed by atoms with E-state index < -0.39 is 24.1 Å². The number of amides is 3. The molecule has 2 rings (SSSR count). The second kappa shape index (κ2) is 6.25. The number of carbonyl (C=O) groups is 3. The number of urea groups is 1. The first-order chi connectivity index (χ1) is 9.97. The van der Waals surface area contributed by atoms with Crippen molar-refractivity contribution in [3.63, 3.8) is 0 Å². The SMILES string of the molecule is CN1CCC(NC(=O)N[C@@H](Cc2cnc[nH]2)C(=O)O)C1=O. The lowest BCUT2D eigenvalue weighted by Gasteiger charge is -2.17. The molecule has 2 atom stereocenters. The number of imidazole rings is 1. The Balaban J connectivity index is 1.89. The number of likely N-dealkylation sites (tertiary alicyclic amines) is 1. The number of hydrogen-bond donors (Lipinski definition) is 4. The third kappa shape index (κ3) is 3.71. The molecule has 21 heavy (non-hydrogen) atoms. The van der Waals surface area contributed by atoms with Crippen LogP contribution in [0.2, 0.25) is 0 Å². The Hall–Kier alpha value is -2.58. The molecule has 2 heterocycles. The monoisotopic (exact) mass is 295 g/mol. The van der Waals surface area contributed by atoms with Gasteiger partial charge in [0, 0.05) is 31.9 Å². The molecular weight excluding hydrogens is 278 g/mol. The summed E-state index contributed by atoms with van der Waals surface area (Å²) < 4.78 is 0. The van der Waals surface area contributed by atoms with E-state index in [4.69, 9.17) is 5.11 Å². The van der Waals surface area contributed by atoms with Crippen molar-refractivity contribution < 1.29 is 19.5 Å². The van der Waals surface area contributed by atoms with Gasteiger partial charge in [-0.2, -0.15) is 0 Å². The minimum absolute atomic E-state index is 0.0846. The molecule has 9 nitrogen and oxygen atoms in total. The third-order valence-electron chi connectivity index (χ3n) is 3.32. The van der Waals surface area contributed by atoms with Crippen molar-refractivity contribution in [2.45, 2.75) is 24.9 Å². The van der Waals surface area contributed by atoms with Gasteiger partial charge in [-0.25, -0.2) is 14.6 Å². The van der Waals surface area contributed by atoms with E-state index in [0.717, 1.165) is 0 Å². The van der Waals surface area contributed by atoms with Crippen molar-refractivity contribution >= 4 is 17.9 Å². The topological polar surface area (TPSA) is 127 Å². The minimum Gasteiger partial charge on any atom is -0.480 e. The first-order valence-electron chi connectivity index (χ1n) is 6.49. The molecule has 0 bridgehead atoms. The van der Waals surface area contributed by atoms with E-state index >= 15 is 0 Å². The van der Waals surface area contributed by atoms with Gasteiger partial charge in [-0.05, 0) is 6.42 Å². The fourth-order valence-corrected chi connectivity index (χ4v) is 2.13. The summed E-state index contributed by atoms with van der Waals surface area (Å²) in [5.41, 5.74) is 0.597. The number of carbonyl (C=O) groups excluding carboxylic acids is 2. The molecule has 0 spiro atoms. The second-order valence-electron chi connectivity index (χ2n) is 4.89. The highest BCUT2D eigenvalue weighted by molar-refractivity contribution is 5.89. The standard InChI is InChI=1S/C12H17N5O4/c1-17-3-2-8(10(17)18)15-12(21)16-9(11(19)20)4-7-5-13-6-14-7/h5-6,8-9H,2-4H2,1H3,(H,13,14)(H,19,20)(H2,15,16,21)/t8?,9-/m0/s1. The smallest absolute Gasteiger partial charge is 0.326 e. The van der Waals surface area contributed by atoms with E-state index in [1.807, 2.05) is 0 Å². The zero-order chi connectivity index (χ0) is 15.4. The molecule has 1 unspecified atom stereocenters. The summed E-state index contributed by atoms with van der Waals surface area (Å²) in [4.78, 5) is 42.7. The molecule has 1 saturated heterocycles. The van der Waals surface area contributed by atoms with Crippen LogP contribution in [0.4, 0.5) is 4.79 Å². The first kappa shape index (κ1) is 14.8. The van der Waals surface area contributed by atoms with Crippen LogP contribution in [0.1, 0.15) is 12.1 Å². The molecule has 1 aliphatic rings. The summed E-state index contributed by atoms with van der Waals surface area (Å²) in [5.74, 6) is -1.33. The summed E-state index contributed by atoms with van der Waals surface area (Å²) in [5, 5.41) is 14.0. The maximum absolute atomic E-state index is 11.8. The van der Waals surface area contributed by atoms with Crippen LogP contribution in [0.5, 0.6) is 0 Å². The number of H-pyrrole nitrogens is 1. The van der Waals surface area contributed by atoms with E-state index in [9.17, 15) is 14.4 Å². The van der Waals surface area contributed by atoms with Crippen LogP contribution in [0, 0.1) is 0 Å². The van der Waals surface area contributed by atoms with E-state index in [1.165, 1.54) is 17.4 Å². The number of nitrogens with zero attached hydrogens (tertiary/aromatic N) is 2. The molecule has 1 aromatic heterocycles. The molecule has 9 heteroatoms. The number of rotatable bonds is 5. The van der Waals surface area contributed by atoms with E-state index in [0.29, 0.717) is 18.7 Å². The van der Waals surface area contributed by atoms with Gasteiger partial charge in [-0.15, -0.1) is 0 Å². The number of hydrogen-bond acceptors (Lipinski definition) is 4. The number of likely N-dealkylation sites (N-methyl/N-ethyl adjacent to an activating group) is 1. The zero-order valence-corrected chi connectivity index (χ0v) is 11.5. The third-order valence-corrected chi connectivity index (χ3v) is 3.32. The normalized spacial score (nSPS) is 19.4. The van der Waals surface area contributed by atoms with Gasteiger partial charge in [0.05, 0.1) is 6.33 Å². The van der Waals surface area contributed by atoms with Gasteiger partial charge in [0.25, 0.3) is 0 Å². The van der Waals surface area contributed by atoms with Gasteiger partial charge < -0.3 is 25.6 Å². The number of carboxylic acids is 1. The lowest BCUT2D eigenvalue weighted by Crippen LogP contribution is -2.51. The van der Waals surface area contributed by atoms with Gasteiger partial charge in [0.15, 0.2) is 0 Å². The van der Waals surface area contributed by atoms with Crippen LogP contribution in [0.25, 0.3) is 0 Å². The van der Waals surface area contributed by atoms with Crippen molar-refractivity contribution in [1.82, 2.24) is 25.5 Å². The quantitative estimate of drug-likeness (QED) is 0.550. The minimum atomic E-state index is -1.16. The molecular formula is C12H17N5O4. The lowest BCUT2D eigenvalue weighted by molar-refractivity contribution is -0.139. The Morgan fingerprint density at radius 3 is 2.90 bits per heavy atom. The number of carboxylic acid groups (broad SMARTS) is 1. The molecule has 0 aromatic carbocycles. The number of aliphatic carboxylic acids is 1. The molecule has 3 amide bonds. The van der Waals surface area contributed by atoms with Gasteiger partial charge in [0.2, 0.25) is 5.91 Å². The molecule has 1 aliphatic heterocycles. The highest BCUT2D eigenvalue weighted by Gasteiger charge is 2.31. The van der Waals surface area contributed by atoms with E-state index in [2.05, 4.69) is 20.6 Å². The average molecular weight is 295 g/mol. The highest BCUT2D eigenvalue weighted by Crippen LogP contribution is 2.08. The van der Waals surface area contributed by atoms with Crippen LogP contribution in [-0.2, 0) is 16.0 Å². The van der Waals surface area contributed by atoms with Crippen molar-refractivity contribution in [1.29, 1.82) is 0 Å². The van der Waals surface area contributed by atoms with Crippen LogP contribution in [0.15, 0.2) is 12.5 Å². The van der Waals surface area contributed by atoms with Crippen LogP contribution >= 0.6 is 0 Å². The van der Waals surface area contributed by atoms with Gasteiger partial charge in [-0.1, -0.05) is 0 Å². The van der Waals surface area contributed by atoms with Crippen LogP contribution in [-0.4, -0.2) is 63.6 Å². The van der Waals surface area contributed by atoms with Crippen molar-refractivity contribution in [3.8, 4) is 0 Å². The fourth-order valence-electron chi connectivity index (χ4n) is 2.13. The maximum Gasteiger partial charge on any atom is 0.326 e. The summed E-state index contributed by atoms with van der Waals surface area (Å²) in [6.45, 7) is 0.570. The Morgan fingerprint density at radius 2 is 2.38 bits per heavy atom. The summed E-state index contributed by atoms with van der Waals surface area (Å²) in [7, 11) is 1.65. The molecule has 1 aromatic rings. The first-order valence-corrected chi connectivity index (χ1v) is 6.49. The molecule has 0 saturated carbocycles. The second-order valence-corrected chi connectivity index (χ2v) is 4.89. The summed E-state index contributed by atoms with van der Waals surface area (Å²) in [6, 6.07) is -2.37. The summed E-state index contributed by atoms with van der Waals surface area (Å²) in [6.07, 6.45) is 3.52. The fraction of sp³-hybridized carbons (Fsp3) is 0.500. The van der Waals surface area contributed by atoms with E-state index in [1.54, 1.807) is 7.05 Å². The highest BCUT2D eigenvalue weighted by atomic mass is 16.4. The van der Waals surface area contributed by atoms with Crippen molar-refractivity contribution in [3.05, 3.63) is 18.2 Å². The van der Waals surface area contributed by atoms with Crippen molar-refractivity contribution in [2.24, 2.45) is 0 Å². The predicted octanol–water partition coefficient (Wildman–Crippen LogP) is -1.06. The maximum atomic E-state index is 11.8. The van der Waals surface area contributed by atoms with Gasteiger partial charge in [-0.3, -0.25) is 4.79 Å². The number of aromatic nitrogens is 2.